The van der Waals surface area contributed by atoms with E-state index >= 15 is 0 Å². The summed E-state index contributed by atoms with van der Waals surface area (Å²) in [6.07, 6.45) is 2.49. The molecule has 3 aromatic rings. The van der Waals surface area contributed by atoms with Crippen molar-refractivity contribution in [1.82, 2.24) is 16.3 Å². The molecule has 0 fully saturated rings. The summed E-state index contributed by atoms with van der Waals surface area (Å²) in [7, 11) is 6.31. The van der Waals surface area contributed by atoms with Gasteiger partial charge in [0, 0.05) is 48.5 Å². The highest BCUT2D eigenvalue weighted by atomic mass is 16.5. The highest BCUT2D eigenvalue weighted by molar-refractivity contribution is 5.95. The molecule has 226 valence electrons. The van der Waals surface area contributed by atoms with Crippen LogP contribution in [0.3, 0.4) is 0 Å². The van der Waals surface area contributed by atoms with Crippen LogP contribution in [0.4, 0.5) is 5.69 Å². The van der Waals surface area contributed by atoms with Crippen LogP contribution >= 0.6 is 0 Å². The van der Waals surface area contributed by atoms with Crippen LogP contribution in [0.5, 0.6) is 23.0 Å². The maximum atomic E-state index is 12.4. The van der Waals surface area contributed by atoms with Crippen LogP contribution in [-0.4, -0.2) is 53.0 Å². The Kier molecular flexibility index (Phi) is 14.8. The number of amides is 2. The van der Waals surface area contributed by atoms with Gasteiger partial charge in [0.05, 0.1) is 34.7 Å². The molecule has 0 heterocycles. The van der Waals surface area contributed by atoms with E-state index in [4.69, 9.17) is 18.9 Å². The SMILES string of the molecule is CC.COc1cc(/C=N/NC(=O)c2ccc(NCCCC(=O)NNCc3cc(OC)cc(OC)c3)cc2)cc(OC)c1. The monoisotopic (exact) mass is 579 g/mol. The van der Waals surface area contributed by atoms with Crippen LogP contribution in [0.15, 0.2) is 65.8 Å². The minimum atomic E-state index is -0.339. The molecule has 42 heavy (non-hydrogen) atoms. The van der Waals surface area contributed by atoms with Gasteiger partial charge in [-0.05, 0) is 60.5 Å². The summed E-state index contributed by atoms with van der Waals surface area (Å²) >= 11 is 0. The van der Waals surface area contributed by atoms with E-state index in [0.717, 1.165) is 16.8 Å². The molecule has 0 aliphatic rings. The van der Waals surface area contributed by atoms with Crippen LogP contribution in [0.2, 0.25) is 0 Å². The summed E-state index contributed by atoms with van der Waals surface area (Å²) in [6.45, 7) is 5.03. The minimum absolute atomic E-state index is 0.114. The molecule has 0 atom stereocenters. The summed E-state index contributed by atoms with van der Waals surface area (Å²) in [4.78, 5) is 24.5. The Labute approximate surface area is 247 Å². The quantitative estimate of drug-likeness (QED) is 0.117. The number of benzene rings is 3. The number of hydrogen-bond acceptors (Lipinski definition) is 9. The first-order valence-electron chi connectivity index (χ1n) is 13.6. The van der Waals surface area contributed by atoms with Gasteiger partial charge < -0.3 is 24.3 Å². The second-order valence-corrected chi connectivity index (χ2v) is 8.58. The van der Waals surface area contributed by atoms with E-state index in [1.807, 2.05) is 26.0 Å². The van der Waals surface area contributed by atoms with E-state index in [9.17, 15) is 9.59 Å². The molecule has 0 aromatic heterocycles. The lowest BCUT2D eigenvalue weighted by molar-refractivity contribution is -0.122. The Morgan fingerprint density at radius 1 is 0.786 bits per heavy atom. The maximum absolute atomic E-state index is 12.4. The molecule has 0 saturated carbocycles. The van der Waals surface area contributed by atoms with Gasteiger partial charge in [-0.25, -0.2) is 10.9 Å². The third-order valence-electron chi connectivity index (χ3n) is 5.74. The number of carbonyl (C=O) groups excluding carboxylic acids is 2. The van der Waals surface area contributed by atoms with Gasteiger partial charge in [0.2, 0.25) is 5.91 Å². The second kappa shape index (κ2) is 18.6. The average Bonchev–Trinajstić information content (AvgIpc) is 3.03. The normalized spacial score (nSPS) is 10.2. The van der Waals surface area contributed by atoms with Crippen LogP contribution < -0.4 is 40.5 Å². The Morgan fingerprint density at radius 3 is 1.88 bits per heavy atom. The van der Waals surface area contributed by atoms with E-state index in [1.54, 1.807) is 77.0 Å². The van der Waals surface area contributed by atoms with Gasteiger partial charge in [-0.2, -0.15) is 5.10 Å². The molecule has 0 unspecified atom stereocenters. The molecule has 3 aromatic carbocycles. The summed E-state index contributed by atoms with van der Waals surface area (Å²) in [6, 6.07) is 17.8. The second-order valence-electron chi connectivity index (χ2n) is 8.58. The number of anilines is 1. The van der Waals surface area contributed by atoms with Crippen LogP contribution in [-0.2, 0) is 11.3 Å². The van der Waals surface area contributed by atoms with Crippen LogP contribution in [0, 0.1) is 0 Å². The molecule has 0 saturated heterocycles. The van der Waals surface area contributed by atoms with E-state index < -0.39 is 0 Å². The molecule has 11 nitrogen and oxygen atoms in total. The zero-order chi connectivity index (χ0) is 30.7. The number of hydrazone groups is 1. The standard InChI is InChI=1S/C29H35N5O6.C2H6/c1-37-24-12-20(13-25(16-24)38-2)18-31-33-28(35)6-5-11-30-23-9-7-22(8-10-23)29(36)34-32-19-21-14-26(39-3)17-27(15-21)40-4;1-2/h7-10,12-17,19,30-31H,5-6,11,18H2,1-4H3,(H,33,35)(H,34,36);1-2H3/b32-19+;. The molecule has 4 N–H and O–H groups in total. The maximum Gasteiger partial charge on any atom is 0.271 e. The minimum Gasteiger partial charge on any atom is -0.497 e. The Morgan fingerprint density at radius 2 is 1.33 bits per heavy atom. The lowest BCUT2D eigenvalue weighted by atomic mass is 10.2. The summed E-state index contributed by atoms with van der Waals surface area (Å²) in [5, 5.41) is 7.26. The summed E-state index contributed by atoms with van der Waals surface area (Å²) < 4.78 is 21.0. The van der Waals surface area contributed by atoms with Crippen molar-refractivity contribution in [2.45, 2.75) is 33.2 Å². The van der Waals surface area contributed by atoms with Gasteiger partial charge in [0.15, 0.2) is 0 Å². The zero-order valence-corrected chi connectivity index (χ0v) is 25.1. The molecule has 3 rings (SSSR count). The van der Waals surface area contributed by atoms with Crippen molar-refractivity contribution >= 4 is 23.7 Å². The van der Waals surface area contributed by atoms with E-state index in [-0.39, 0.29) is 11.8 Å². The Hall–Kier alpha value is -4.77. The molecule has 0 bridgehead atoms. The Balaban J connectivity index is 0.00000301. The first-order valence-corrected chi connectivity index (χ1v) is 13.6. The summed E-state index contributed by atoms with van der Waals surface area (Å²) in [5.74, 6) is 2.16. The fourth-order valence-electron chi connectivity index (χ4n) is 3.63. The first kappa shape index (κ1) is 33.4. The third-order valence-corrected chi connectivity index (χ3v) is 5.74. The van der Waals surface area contributed by atoms with Crippen LogP contribution in [0.1, 0.15) is 48.2 Å². The molecule has 0 aliphatic heterocycles. The number of hydrazine groups is 1. The van der Waals surface area contributed by atoms with Crippen molar-refractivity contribution in [3.8, 4) is 23.0 Å². The van der Waals surface area contributed by atoms with Crippen molar-refractivity contribution < 1.29 is 28.5 Å². The van der Waals surface area contributed by atoms with E-state index in [0.29, 0.717) is 54.5 Å². The van der Waals surface area contributed by atoms with Gasteiger partial charge in [-0.3, -0.25) is 15.0 Å². The summed E-state index contributed by atoms with van der Waals surface area (Å²) in [5.41, 5.74) is 11.1. The molecule has 2 amide bonds. The highest BCUT2D eigenvalue weighted by Crippen LogP contribution is 2.22. The average molecular weight is 580 g/mol. The lowest BCUT2D eigenvalue weighted by Crippen LogP contribution is -2.36. The third kappa shape index (κ3) is 11.4. The number of carbonyl (C=O) groups is 2. The van der Waals surface area contributed by atoms with Crippen LogP contribution in [0.25, 0.3) is 0 Å². The van der Waals surface area contributed by atoms with E-state index in [2.05, 4.69) is 26.7 Å². The van der Waals surface area contributed by atoms with Gasteiger partial charge in [-0.1, -0.05) is 13.8 Å². The van der Waals surface area contributed by atoms with E-state index in [1.165, 1.54) is 6.21 Å². The van der Waals surface area contributed by atoms with Gasteiger partial charge in [0.1, 0.15) is 23.0 Å². The fraction of sp³-hybridized carbons (Fsp3) is 0.323. The van der Waals surface area contributed by atoms with Gasteiger partial charge in [0.25, 0.3) is 5.91 Å². The van der Waals surface area contributed by atoms with Crippen molar-refractivity contribution in [1.29, 1.82) is 0 Å². The first-order chi connectivity index (χ1) is 20.4. The number of methoxy groups -OCH3 is 4. The lowest BCUT2D eigenvalue weighted by Gasteiger charge is -2.11. The molecule has 0 aliphatic carbocycles. The van der Waals surface area contributed by atoms with Crippen molar-refractivity contribution in [3.05, 3.63) is 77.4 Å². The zero-order valence-electron chi connectivity index (χ0n) is 25.1. The van der Waals surface area contributed by atoms with Gasteiger partial charge in [-0.15, -0.1) is 0 Å². The topological polar surface area (TPSA) is 132 Å². The molecule has 0 spiro atoms. The number of rotatable bonds is 15. The fourth-order valence-corrected chi connectivity index (χ4v) is 3.63. The highest BCUT2D eigenvalue weighted by Gasteiger charge is 2.06. The number of nitrogens with zero attached hydrogens (tertiary/aromatic N) is 1. The molecular weight excluding hydrogens is 538 g/mol. The van der Waals surface area contributed by atoms with Crippen molar-refractivity contribution in [2.24, 2.45) is 5.10 Å². The molecular formula is C31H41N5O6. The number of ether oxygens (including phenoxy) is 4. The number of nitrogens with one attached hydrogen (secondary N) is 4. The predicted octanol–water partition coefficient (Wildman–Crippen LogP) is 4.52. The number of hydrogen-bond donors (Lipinski definition) is 4. The Bertz CT molecular complexity index is 1250. The smallest absolute Gasteiger partial charge is 0.271 e. The largest absolute Gasteiger partial charge is 0.497 e. The molecule has 11 heteroatoms. The van der Waals surface area contributed by atoms with Gasteiger partial charge >= 0.3 is 0 Å². The van der Waals surface area contributed by atoms with Crippen molar-refractivity contribution in [3.63, 3.8) is 0 Å². The van der Waals surface area contributed by atoms with Crippen molar-refractivity contribution in [2.75, 3.05) is 40.3 Å². The molecule has 0 radical (unpaired) electrons. The predicted molar refractivity (Wildman–Crippen MR) is 165 cm³/mol.